The Kier molecular flexibility index (Phi) is 12.5. The molecule has 12 aromatic rings. The van der Waals surface area contributed by atoms with E-state index in [4.69, 9.17) is 13.8 Å². The van der Waals surface area contributed by atoms with Gasteiger partial charge in [-0.3, -0.25) is 4.57 Å². The van der Waals surface area contributed by atoms with Gasteiger partial charge >= 0.3 is 0 Å². The molecule has 9 aromatic carbocycles. The molecule has 0 N–H and O–H groups in total. The van der Waals surface area contributed by atoms with E-state index in [1.165, 1.54) is 5.56 Å². The molecule has 0 bridgehead atoms. The van der Waals surface area contributed by atoms with Crippen LogP contribution in [0.5, 0.6) is 11.5 Å². The second kappa shape index (κ2) is 21.7. The van der Waals surface area contributed by atoms with Crippen molar-refractivity contribution in [1.82, 2.24) is 14.1 Å². The van der Waals surface area contributed by atoms with E-state index in [2.05, 4.69) is 129 Å². The van der Waals surface area contributed by atoms with E-state index in [-0.39, 0.29) is 55.0 Å². The third-order valence-electron chi connectivity index (χ3n) is 15.5. The molecule has 0 radical (unpaired) electrons. The number of rotatable bonds is 11. The third kappa shape index (κ3) is 10.8. The molecule has 5 nitrogen and oxygen atoms in total. The number of aromatic nitrogens is 4. The van der Waals surface area contributed by atoms with Crippen molar-refractivity contribution in [2.45, 2.75) is 104 Å². The Balaban J connectivity index is 0.00000817. The number of benzene rings is 9. The molecule has 0 saturated carbocycles. The van der Waals surface area contributed by atoms with E-state index in [1.807, 2.05) is 161 Å². The molecule has 0 aliphatic rings. The van der Waals surface area contributed by atoms with Crippen LogP contribution in [0, 0.1) is 18.5 Å². The van der Waals surface area contributed by atoms with E-state index >= 15 is 0 Å². The van der Waals surface area contributed by atoms with E-state index < -0.39 is 29.9 Å². The molecule has 3 aromatic heterocycles. The summed E-state index contributed by atoms with van der Waals surface area (Å²) in [6.45, 7) is 23.7. The van der Waals surface area contributed by atoms with Crippen molar-refractivity contribution < 1.29 is 40.0 Å². The number of nitrogens with zero attached hydrogens (tertiary/aromatic N) is 4. The molecule has 0 aliphatic carbocycles. The van der Waals surface area contributed by atoms with Gasteiger partial charge in [-0.15, -0.1) is 29.7 Å². The van der Waals surface area contributed by atoms with Gasteiger partial charge in [0.25, 0.3) is 6.33 Å². The molecule has 0 saturated heterocycles. The first-order valence-electron chi connectivity index (χ1n) is 31.3. The Morgan fingerprint density at radius 2 is 1.15 bits per heavy atom. The van der Waals surface area contributed by atoms with Crippen molar-refractivity contribution in [3.05, 3.63) is 259 Å². The fourth-order valence-corrected chi connectivity index (χ4v) is 10.9. The van der Waals surface area contributed by atoms with Gasteiger partial charge in [-0.25, -0.2) is 4.98 Å². The maximum absolute atomic E-state index is 10.2. The van der Waals surface area contributed by atoms with Crippen molar-refractivity contribution >= 4 is 32.8 Å². The van der Waals surface area contributed by atoms with Gasteiger partial charge in [-0.05, 0) is 107 Å². The maximum Gasteiger partial charge on any atom is 0.268 e. The Morgan fingerprint density at radius 3 is 1.84 bits per heavy atom. The number of ether oxygens (including phenoxy) is 1. The molecular formula is C76H70N4OPt-2. The molecule has 3 heterocycles. The van der Waals surface area contributed by atoms with Crippen LogP contribution in [0.1, 0.15) is 114 Å². The topological polar surface area (TPSA) is 35.9 Å². The van der Waals surface area contributed by atoms with Crippen LogP contribution in [0.2, 0.25) is 0 Å². The second-order valence-electron chi connectivity index (χ2n) is 24.7. The van der Waals surface area contributed by atoms with Crippen LogP contribution < -0.4 is 9.30 Å². The molecule has 0 unspecified atom stereocenters. The number of pyridine rings is 1. The largest absolute Gasteiger partial charge is 0.510 e. The standard InChI is InChI=1S/C76H70N4O.Pt/c1-73(2,3)55-38-36-52(37-39-55)66-49-77-71(44-54(66)48-76(10,11)56-26-16-13-17-27-56)80-67-33-19-18-30-64(67)65-41-40-61(47-70(65)80)81-60-29-22-28-59(46-60)78-50-79(69-35-21-20-34-68(69)78)72-62(51-24-14-12-15-25-51)31-23-32-63(72)53-42-57(74(4,5)6)45-58(43-53)75(7,8)9;/h12-45,49H,48H2,1-11H3;/q-2;/i12D,14D,15D,24D,25D,48D2;. The molecule has 0 fully saturated rings. The van der Waals surface area contributed by atoms with Crippen LogP contribution in [-0.2, 0) is 49.1 Å². The molecule has 0 spiro atoms. The van der Waals surface area contributed by atoms with E-state index in [0.717, 1.165) is 60.7 Å². The van der Waals surface area contributed by atoms with Crippen molar-refractivity contribution in [1.29, 1.82) is 0 Å². The Hall–Kier alpha value is -8.11. The maximum atomic E-state index is 10.2. The molecule has 82 heavy (non-hydrogen) atoms. The van der Waals surface area contributed by atoms with Gasteiger partial charge in [-0.1, -0.05) is 245 Å². The van der Waals surface area contributed by atoms with Crippen LogP contribution in [-0.4, -0.2) is 14.1 Å². The zero-order valence-corrected chi connectivity index (χ0v) is 50.6. The summed E-state index contributed by atoms with van der Waals surface area (Å²) in [6, 6.07) is 63.4. The molecule has 0 amide bonds. The molecule has 6 heteroatoms. The Labute approximate surface area is 509 Å². The van der Waals surface area contributed by atoms with Crippen LogP contribution in [0.4, 0.5) is 0 Å². The zero-order valence-electron chi connectivity index (χ0n) is 55.3. The number of imidazole rings is 1. The van der Waals surface area contributed by atoms with Crippen molar-refractivity contribution in [3.63, 3.8) is 0 Å². The van der Waals surface area contributed by atoms with Crippen molar-refractivity contribution in [2.75, 3.05) is 0 Å². The summed E-state index contributed by atoms with van der Waals surface area (Å²) in [5, 5.41) is 1.89. The van der Waals surface area contributed by atoms with Gasteiger partial charge in [0.05, 0.1) is 23.6 Å². The van der Waals surface area contributed by atoms with Gasteiger partial charge in [0, 0.05) is 52.6 Å². The van der Waals surface area contributed by atoms with Gasteiger partial charge in [0.2, 0.25) is 0 Å². The van der Waals surface area contributed by atoms with E-state index in [1.54, 1.807) is 0 Å². The Bertz CT molecular complexity index is 4660. The van der Waals surface area contributed by atoms with Crippen LogP contribution in [0.15, 0.2) is 212 Å². The van der Waals surface area contributed by atoms with E-state index in [9.17, 15) is 5.48 Å². The number of fused-ring (bicyclic) bond motifs is 4. The third-order valence-corrected chi connectivity index (χ3v) is 15.5. The minimum atomic E-state index is -1.90. The molecule has 412 valence electrons. The SMILES string of the molecule is [2H]c1c([2H])c([2H])c(-c2cccc(-c3cc(C(C)(C)C)cc(C(C)(C)C)c3)c2-[n+]2[c-]n(-c3[c-]c(Oc4[c-]c5c(cc4)c4ccccc4n5-c4cc(C([2H])([2H])C(C)(C)c5ccccc5)c(-c5ccc(C(C)(C)C)cc5)cn4)ccc3)c3ccccc32)c([2H])c1[2H].[Pt]. The number of para-hydroxylation sites is 4. The second-order valence-corrected chi connectivity index (χ2v) is 24.7. The minimum absolute atomic E-state index is 0. The average molecular weight is 1260 g/mol. The van der Waals surface area contributed by atoms with Crippen molar-refractivity contribution in [2.24, 2.45) is 0 Å². The van der Waals surface area contributed by atoms with Crippen LogP contribution in [0.25, 0.3) is 83.4 Å². The first kappa shape index (κ1) is 47.5. The minimum Gasteiger partial charge on any atom is -0.510 e. The van der Waals surface area contributed by atoms with Crippen LogP contribution in [0.3, 0.4) is 0 Å². The predicted octanol–water partition coefficient (Wildman–Crippen LogP) is 19.0. The summed E-state index contributed by atoms with van der Waals surface area (Å²) in [4.78, 5) is 5.18. The van der Waals surface area contributed by atoms with E-state index in [0.29, 0.717) is 50.9 Å². The first-order valence-corrected chi connectivity index (χ1v) is 27.8. The predicted molar refractivity (Wildman–Crippen MR) is 336 cm³/mol. The zero-order chi connectivity index (χ0) is 62.6. The van der Waals surface area contributed by atoms with Gasteiger partial charge in [0.15, 0.2) is 0 Å². The quantitative estimate of drug-likeness (QED) is 0.0956. The summed E-state index contributed by atoms with van der Waals surface area (Å²) >= 11 is 0. The van der Waals surface area contributed by atoms with Gasteiger partial charge in [-0.2, -0.15) is 18.2 Å². The smallest absolute Gasteiger partial charge is 0.268 e. The summed E-state index contributed by atoms with van der Waals surface area (Å²) in [5.41, 5.74) is 11.5. The summed E-state index contributed by atoms with van der Waals surface area (Å²) in [5.74, 6) is 1.35. The molecule has 12 rings (SSSR count). The summed E-state index contributed by atoms with van der Waals surface area (Å²) < 4.78 is 77.7. The number of hydrogen-bond acceptors (Lipinski definition) is 2. The summed E-state index contributed by atoms with van der Waals surface area (Å²) in [7, 11) is 0. The summed E-state index contributed by atoms with van der Waals surface area (Å²) in [6.07, 6.45) is 3.59. The van der Waals surface area contributed by atoms with Crippen molar-refractivity contribution in [3.8, 4) is 62.1 Å². The van der Waals surface area contributed by atoms with Gasteiger partial charge < -0.3 is 13.9 Å². The molecule has 0 atom stereocenters. The average Bonchev–Trinajstić information content (AvgIpc) is 1.76. The normalized spacial score (nSPS) is 13.7. The fraction of sp³-hybridized carbons (Fsp3) is 0.211. The van der Waals surface area contributed by atoms with Crippen LogP contribution >= 0.6 is 0 Å². The molecule has 0 aliphatic heterocycles. The fourth-order valence-electron chi connectivity index (χ4n) is 10.9. The van der Waals surface area contributed by atoms with Gasteiger partial charge in [0.1, 0.15) is 5.82 Å². The molecular weight excluding hydrogens is 1180 g/mol. The monoisotopic (exact) mass is 1260 g/mol. The Morgan fingerprint density at radius 1 is 0.524 bits per heavy atom. The first-order chi connectivity index (χ1) is 41.6. The number of hydrogen-bond donors (Lipinski definition) is 0.